The van der Waals surface area contributed by atoms with Gasteiger partial charge in [0.05, 0.1) is 11.7 Å². The molecule has 0 radical (unpaired) electrons. The summed E-state index contributed by atoms with van der Waals surface area (Å²) in [5, 5.41) is 10.3. The molecule has 20 heavy (non-hydrogen) atoms. The zero-order chi connectivity index (χ0) is 15.3. The highest BCUT2D eigenvalue weighted by atomic mass is 19.4. The molecule has 0 aromatic heterocycles. The van der Waals surface area contributed by atoms with Crippen LogP contribution >= 0.6 is 0 Å². The molecule has 1 aromatic rings. The third-order valence-corrected chi connectivity index (χ3v) is 3.22. The SMILES string of the molecule is CCCC(OCC)C(O)c1ccc(C(F)(F)F)cc1C. The van der Waals surface area contributed by atoms with Crippen LogP contribution in [0.4, 0.5) is 13.2 Å². The lowest BCUT2D eigenvalue weighted by atomic mass is 9.95. The van der Waals surface area contributed by atoms with Crippen LogP contribution < -0.4 is 0 Å². The lowest BCUT2D eigenvalue weighted by Gasteiger charge is -2.24. The van der Waals surface area contributed by atoms with E-state index < -0.39 is 17.8 Å². The molecule has 0 amide bonds. The van der Waals surface area contributed by atoms with Gasteiger partial charge in [0.2, 0.25) is 0 Å². The summed E-state index contributed by atoms with van der Waals surface area (Å²) in [5.74, 6) is 0. The van der Waals surface area contributed by atoms with Gasteiger partial charge in [-0.1, -0.05) is 19.4 Å². The van der Waals surface area contributed by atoms with Crippen molar-refractivity contribution in [1.82, 2.24) is 0 Å². The number of aliphatic hydroxyl groups excluding tert-OH is 1. The van der Waals surface area contributed by atoms with Crippen molar-refractivity contribution in [3.8, 4) is 0 Å². The average molecular weight is 290 g/mol. The van der Waals surface area contributed by atoms with Gasteiger partial charge in [0, 0.05) is 6.61 Å². The lowest BCUT2D eigenvalue weighted by Crippen LogP contribution is -2.23. The number of aryl methyl sites for hydroxylation is 1. The van der Waals surface area contributed by atoms with E-state index in [0.29, 0.717) is 24.2 Å². The minimum Gasteiger partial charge on any atom is -0.386 e. The summed E-state index contributed by atoms with van der Waals surface area (Å²) in [7, 11) is 0. The molecule has 2 nitrogen and oxygen atoms in total. The van der Waals surface area contributed by atoms with E-state index in [-0.39, 0.29) is 6.10 Å². The molecule has 5 heteroatoms. The van der Waals surface area contributed by atoms with Gasteiger partial charge in [-0.05, 0) is 43.5 Å². The standard InChI is InChI=1S/C15H21F3O2/c1-4-6-13(20-5-2)14(19)12-8-7-11(9-10(12)3)15(16,17)18/h7-9,13-14,19H,4-6H2,1-3H3. The first-order valence-electron chi connectivity index (χ1n) is 6.78. The molecule has 0 aliphatic carbocycles. The maximum atomic E-state index is 12.6. The molecule has 0 heterocycles. The second-order valence-electron chi connectivity index (χ2n) is 4.80. The maximum Gasteiger partial charge on any atom is 0.416 e. The first kappa shape index (κ1) is 17.0. The average Bonchev–Trinajstić information content (AvgIpc) is 2.36. The van der Waals surface area contributed by atoms with Crippen LogP contribution in [0.5, 0.6) is 0 Å². The molecule has 0 aliphatic rings. The molecule has 2 unspecified atom stereocenters. The zero-order valence-corrected chi connectivity index (χ0v) is 12.0. The van der Waals surface area contributed by atoms with E-state index in [1.165, 1.54) is 6.07 Å². The number of halogens is 3. The van der Waals surface area contributed by atoms with Crippen molar-refractivity contribution in [1.29, 1.82) is 0 Å². The van der Waals surface area contributed by atoms with Crippen LogP contribution in [-0.2, 0) is 10.9 Å². The highest BCUT2D eigenvalue weighted by Gasteiger charge is 2.31. The predicted molar refractivity (Wildman–Crippen MR) is 71.5 cm³/mol. The first-order valence-corrected chi connectivity index (χ1v) is 6.78. The predicted octanol–water partition coefficient (Wildman–Crippen LogP) is 4.25. The molecule has 0 spiro atoms. The van der Waals surface area contributed by atoms with E-state index in [1.54, 1.807) is 6.92 Å². The van der Waals surface area contributed by atoms with Crippen LogP contribution in [-0.4, -0.2) is 17.8 Å². The van der Waals surface area contributed by atoms with Gasteiger partial charge in [-0.2, -0.15) is 13.2 Å². The minimum absolute atomic E-state index is 0.388. The van der Waals surface area contributed by atoms with E-state index in [4.69, 9.17) is 4.74 Å². The van der Waals surface area contributed by atoms with Gasteiger partial charge in [-0.25, -0.2) is 0 Å². The molecular weight excluding hydrogens is 269 g/mol. The Morgan fingerprint density at radius 1 is 1.25 bits per heavy atom. The van der Waals surface area contributed by atoms with Crippen molar-refractivity contribution < 1.29 is 23.0 Å². The van der Waals surface area contributed by atoms with Crippen molar-refractivity contribution >= 4 is 0 Å². The topological polar surface area (TPSA) is 29.5 Å². The van der Waals surface area contributed by atoms with Crippen molar-refractivity contribution in [2.24, 2.45) is 0 Å². The van der Waals surface area contributed by atoms with Crippen molar-refractivity contribution in [2.75, 3.05) is 6.61 Å². The number of hydrogen-bond acceptors (Lipinski definition) is 2. The zero-order valence-electron chi connectivity index (χ0n) is 12.0. The number of benzene rings is 1. The Bertz CT molecular complexity index is 424. The second-order valence-corrected chi connectivity index (χ2v) is 4.80. The molecule has 1 aromatic carbocycles. The van der Waals surface area contributed by atoms with Crippen LogP contribution in [0.1, 0.15) is 49.5 Å². The Balaban J connectivity index is 3.00. The van der Waals surface area contributed by atoms with Gasteiger partial charge < -0.3 is 9.84 Å². The van der Waals surface area contributed by atoms with Crippen LogP contribution in [0.25, 0.3) is 0 Å². The lowest BCUT2D eigenvalue weighted by molar-refractivity contribution is -0.137. The summed E-state index contributed by atoms with van der Waals surface area (Å²) >= 11 is 0. The molecule has 2 atom stereocenters. The van der Waals surface area contributed by atoms with Crippen molar-refractivity contribution in [2.45, 2.75) is 52.0 Å². The number of aliphatic hydroxyl groups is 1. The fourth-order valence-corrected chi connectivity index (χ4v) is 2.22. The van der Waals surface area contributed by atoms with E-state index in [1.807, 2.05) is 13.8 Å². The molecule has 0 aliphatic heterocycles. The van der Waals surface area contributed by atoms with Gasteiger partial charge in [-0.15, -0.1) is 0 Å². The number of hydrogen-bond donors (Lipinski definition) is 1. The summed E-state index contributed by atoms with van der Waals surface area (Å²) in [4.78, 5) is 0. The molecule has 1 N–H and O–H groups in total. The Hall–Kier alpha value is -1.07. The Morgan fingerprint density at radius 2 is 1.90 bits per heavy atom. The molecule has 1 rings (SSSR count). The van der Waals surface area contributed by atoms with Gasteiger partial charge >= 0.3 is 6.18 Å². The fourth-order valence-electron chi connectivity index (χ4n) is 2.22. The molecule has 0 saturated heterocycles. The summed E-state index contributed by atoms with van der Waals surface area (Å²) in [5.41, 5.74) is 0.215. The van der Waals surface area contributed by atoms with Crippen LogP contribution in [0.2, 0.25) is 0 Å². The summed E-state index contributed by atoms with van der Waals surface area (Å²) in [6.07, 6.45) is -4.16. The molecule has 114 valence electrons. The van der Waals surface area contributed by atoms with E-state index >= 15 is 0 Å². The fraction of sp³-hybridized carbons (Fsp3) is 0.600. The molecule has 0 saturated carbocycles. The number of rotatable bonds is 6. The van der Waals surface area contributed by atoms with Crippen LogP contribution in [0.15, 0.2) is 18.2 Å². The van der Waals surface area contributed by atoms with E-state index in [0.717, 1.165) is 18.6 Å². The Labute approximate surface area is 117 Å². The van der Waals surface area contributed by atoms with Gasteiger partial charge in [0.25, 0.3) is 0 Å². The smallest absolute Gasteiger partial charge is 0.386 e. The molecule has 0 bridgehead atoms. The highest BCUT2D eigenvalue weighted by molar-refractivity contribution is 5.34. The second kappa shape index (κ2) is 7.09. The van der Waals surface area contributed by atoms with Gasteiger partial charge in [0.1, 0.15) is 6.10 Å². The van der Waals surface area contributed by atoms with Crippen molar-refractivity contribution in [3.05, 3.63) is 34.9 Å². The maximum absolute atomic E-state index is 12.6. The number of alkyl halides is 3. The third-order valence-electron chi connectivity index (χ3n) is 3.22. The third kappa shape index (κ3) is 4.21. The number of ether oxygens (including phenoxy) is 1. The summed E-state index contributed by atoms with van der Waals surface area (Å²) in [6.45, 7) is 5.83. The Morgan fingerprint density at radius 3 is 2.35 bits per heavy atom. The first-order chi connectivity index (χ1) is 9.31. The Kier molecular flexibility index (Phi) is 6.02. The van der Waals surface area contributed by atoms with Crippen LogP contribution in [0, 0.1) is 6.92 Å². The highest BCUT2D eigenvalue weighted by Crippen LogP contribution is 2.33. The molecular formula is C15H21F3O2. The van der Waals surface area contributed by atoms with E-state index in [2.05, 4.69) is 0 Å². The summed E-state index contributed by atoms with van der Waals surface area (Å²) < 4.78 is 43.3. The molecule has 0 fully saturated rings. The quantitative estimate of drug-likeness (QED) is 0.848. The monoisotopic (exact) mass is 290 g/mol. The summed E-state index contributed by atoms with van der Waals surface area (Å²) in [6, 6.07) is 3.40. The van der Waals surface area contributed by atoms with Gasteiger partial charge in [0.15, 0.2) is 0 Å². The van der Waals surface area contributed by atoms with Crippen LogP contribution in [0.3, 0.4) is 0 Å². The van der Waals surface area contributed by atoms with Crippen molar-refractivity contribution in [3.63, 3.8) is 0 Å². The normalized spacial score (nSPS) is 15.2. The van der Waals surface area contributed by atoms with Gasteiger partial charge in [-0.3, -0.25) is 0 Å². The largest absolute Gasteiger partial charge is 0.416 e. The van der Waals surface area contributed by atoms with E-state index in [9.17, 15) is 18.3 Å². The minimum atomic E-state index is -4.36.